The Balaban J connectivity index is 1.94. The van der Waals surface area contributed by atoms with Gasteiger partial charge in [-0.15, -0.1) is 5.10 Å². The predicted molar refractivity (Wildman–Crippen MR) is 74.5 cm³/mol. The monoisotopic (exact) mass is 294 g/mol. The molecule has 2 heterocycles. The number of hydrogen-bond acceptors (Lipinski definition) is 9. The van der Waals surface area contributed by atoms with E-state index in [1.165, 1.54) is 0 Å². The number of nitrogens with zero attached hydrogens (tertiary/aromatic N) is 4. The highest BCUT2D eigenvalue weighted by molar-refractivity contribution is 5.41. The minimum absolute atomic E-state index is 0.228. The molecule has 2 N–H and O–H groups in total. The summed E-state index contributed by atoms with van der Waals surface area (Å²) >= 11 is 0. The molecule has 2 rings (SSSR count). The number of ether oxygens (including phenoxy) is 2. The van der Waals surface area contributed by atoms with Crippen LogP contribution >= 0.6 is 0 Å². The van der Waals surface area contributed by atoms with Gasteiger partial charge in [-0.25, -0.2) is 4.98 Å². The Hall–Kier alpha value is -2.26. The fourth-order valence-corrected chi connectivity index (χ4v) is 1.54. The van der Waals surface area contributed by atoms with E-state index in [-0.39, 0.29) is 6.01 Å². The Kier molecular flexibility index (Phi) is 5.41. The molecule has 21 heavy (non-hydrogen) atoms. The van der Waals surface area contributed by atoms with Gasteiger partial charge in [0.05, 0.1) is 20.3 Å². The highest BCUT2D eigenvalue weighted by atomic mass is 16.5. The highest BCUT2D eigenvalue weighted by Crippen LogP contribution is 2.15. The summed E-state index contributed by atoms with van der Waals surface area (Å²) in [4.78, 5) is 8.35. The lowest BCUT2D eigenvalue weighted by molar-refractivity contribution is 0.198. The lowest BCUT2D eigenvalue weighted by Crippen LogP contribution is -2.18. The average molecular weight is 294 g/mol. The second-order valence-electron chi connectivity index (χ2n) is 4.17. The molecule has 0 aromatic carbocycles. The second-order valence-corrected chi connectivity index (χ2v) is 4.17. The zero-order valence-corrected chi connectivity index (χ0v) is 12.2. The van der Waals surface area contributed by atoms with Crippen molar-refractivity contribution in [2.75, 3.05) is 32.7 Å². The number of methoxy groups -OCH3 is 2. The number of aryl methyl sites for hydroxylation is 1. The van der Waals surface area contributed by atoms with Crippen LogP contribution in [0.1, 0.15) is 11.6 Å². The van der Waals surface area contributed by atoms with E-state index in [2.05, 4.69) is 30.8 Å². The van der Waals surface area contributed by atoms with Gasteiger partial charge in [-0.2, -0.15) is 4.98 Å². The molecule has 2 aromatic heterocycles. The van der Waals surface area contributed by atoms with Crippen molar-refractivity contribution in [1.82, 2.24) is 25.5 Å². The van der Waals surface area contributed by atoms with Crippen molar-refractivity contribution in [2.24, 2.45) is 0 Å². The van der Waals surface area contributed by atoms with E-state index in [0.717, 1.165) is 5.69 Å². The molecule has 0 spiro atoms. The summed E-state index contributed by atoms with van der Waals surface area (Å²) in [5.41, 5.74) is 0.769. The molecule has 0 aliphatic rings. The van der Waals surface area contributed by atoms with Gasteiger partial charge in [0.2, 0.25) is 17.7 Å². The molecule has 0 unspecified atom stereocenters. The van der Waals surface area contributed by atoms with Crippen LogP contribution in [0.25, 0.3) is 0 Å². The van der Waals surface area contributed by atoms with Gasteiger partial charge in [0.1, 0.15) is 0 Å². The fourth-order valence-electron chi connectivity index (χ4n) is 1.54. The first kappa shape index (κ1) is 15.1. The fraction of sp³-hybridized carbons (Fsp3) is 0.500. The Morgan fingerprint density at radius 1 is 1.24 bits per heavy atom. The summed E-state index contributed by atoms with van der Waals surface area (Å²) in [6.45, 7) is 3.64. The van der Waals surface area contributed by atoms with Crippen LogP contribution in [-0.2, 0) is 11.3 Å². The SMILES string of the molecule is COCCNCc1nnc(Nc2nc(C)cc(OC)n2)o1. The molecule has 0 amide bonds. The number of aromatic nitrogens is 4. The first-order valence-electron chi connectivity index (χ1n) is 6.40. The maximum atomic E-state index is 5.42. The van der Waals surface area contributed by atoms with Crippen LogP contribution in [0.5, 0.6) is 5.88 Å². The molecule has 114 valence electrons. The molecule has 2 aromatic rings. The maximum absolute atomic E-state index is 5.42. The molecule has 0 aliphatic carbocycles. The van der Waals surface area contributed by atoms with Crippen molar-refractivity contribution in [3.05, 3.63) is 17.7 Å². The van der Waals surface area contributed by atoms with Gasteiger partial charge in [0, 0.05) is 25.4 Å². The van der Waals surface area contributed by atoms with Crippen LogP contribution in [-0.4, -0.2) is 47.5 Å². The molecule has 0 bridgehead atoms. The number of anilines is 2. The predicted octanol–water partition coefficient (Wildman–Crippen LogP) is 0.656. The molecular formula is C12H18N6O3. The molecule has 9 nitrogen and oxygen atoms in total. The largest absolute Gasteiger partial charge is 0.481 e. The van der Waals surface area contributed by atoms with E-state index in [1.54, 1.807) is 20.3 Å². The van der Waals surface area contributed by atoms with Crippen molar-refractivity contribution >= 4 is 12.0 Å². The Morgan fingerprint density at radius 2 is 2.10 bits per heavy atom. The smallest absolute Gasteiger partial charge is 0.322 e. The van der Waals surface area contributed by atoms with Gasteiger partial charge in [0.25, 0.3) is 0 Å². The van der Waals surface area contributed by atoms with Crippen LogP contribution in [0.15, 0.2) is 10.5 Å². The first-order valence-corrected chi connectivity index (χ1v) is 6.40. The summed E-state index contributed by atoms with van der Waals surface area (Å²) in [5, 5.41) is 13.7. The van der Waals surface area contributed by atoms with Crippen molar-refractivity contribution in [3.63, 3.8) is 0 Å². The zero-order valence-electron chi connectivity index (χ0n) is 12.2. The van der Waals surface area contributed by atoms with E-state index < -0.39 is 0 Å². The highest BCUT2D eigenvalue weighted by Gasteiger charge is 2.09. The quantitative estimate of drug-likeness (QED) is 0.678. The second kappa shape index (κ2) is 7.50. The van der Waals surface area contributed by atoms with E-state index in [4.69, 9.17) is 13.9 Å². The number of nitrogens with one attached hydrogen (secondary N) is 2. The summed E-state index contributed by atoms with van der Waals surface area (Å²) in [6, 6.07) is 1.95. The van der Waals surface area contributed by atoms with Gasteiger partial charge in [-0.1, -0.05) is 5.10 Å². The van der Waals surface area contributed by atoms with Gasteiger partial charge in [0.15, 0.2) is 0 Å². The van der Waals surface area contributed by atoms with Crippen LogP contribution in [0, 0.1) is 6.92 Å². The molecule has 0 saturated carbocycles. The van der Waals surface area contributed by atoms with Crippen LogP contribution in [0.4, 0.5) is 12.0 Å². The van der Waals surface area contributed by atoms with Gasteiger partial charge in [-0.3, -0.25) is 5.32 Å². The van der Waals surface area contributed by atoms with Crippen molar-refractivity contribution < 1.29 is 13.9 Å². The minimum atomic E-state index is 0.228. The van der Waals surface area contributed by atoms with E-state index >= 15 is 0 Å². The average Bonchev–Trinajstić information content (AvgIpc) is 2.90. The van der Waals surface area contributed by atoms with Crippen molar-refractivity contribution in [3.8, 4) is 5.88 Å². The molecule has 0 radical (unpaired) electrons. The third kappa shape index (κ3) is 4.65. The molecule has 0 fully saturated rings. The third-order valence-electron chi connectivity index (χ3n) is 2.48. The van der Waals surface area contributed by atoms with Gasteiger partial charge < -0.3 is 19.2 Å². The topological polar surface area (TPSA) is 107 Å². The minimum Gasteiger partial charge on any atom is -0.481 e. The van der Waals surface area contributed by atoms with Gasteiger partial charge in [-0.05, 0) is 6.92 Å². The van der Waals surface area contributed by atoms with Crippen LogP contribution < -0.4 is 15.4 Å². The summed E-state index contributed by atoms with van der Waals surface area (Å²) < 4.78 is 15.4. The Bertz CT molecular complexity index is 574. The van der Waals surface area contributed by atoms with E-state index in [1.807, 2.05) is 6.92 Å². The maximum Gasteiger partial charge on any atom is 0.322 e. The summed E-state index contributed by atoms with van der Waals surface area (Å²) in [6.07, 6.45) is 0. The number of hydrogen-bond donors (Lipinski definition) is 2. The lowest BCUT2D eigenvalue weighted by atomic mass is 10.4. The van der Waals surface area contributed by atoms with Gasteiger partial charge >= 0.3 is 6.01 Å². The summed E-state index contributed by atoms with van der Waals surface area (Å²) in [7, 11) is 3.19. The Morgan fingerprint density at radius 3 is 2.86 bits per heavy atom. The molecule has 0 atom stereocenters. The first-order chi connectivity index (χ1) is 10.2. The summed E-state index contributed by atoms with van der Waals surface area (Å²) in [5.74, 6) is 1.27. The standard InChI is InChI=1S/C12H18N6O3/c1-8-6-9(20-3)15-11(14-8)16-12-18-17-10(21-12)7-13-4-5-19-2/h6,13H,4-5,7H2,1-3H3,(H,14,15,16,18). The molecule has 0 saturated heterocycles. The lowest BCUT2D eigenvalue weighted by Gasteiger charge is -2.04. The third-order valence-corrected chi connectivity index (χ3v) is 2.48. The van der Waals surface area contributed by atoms with Crippen LogP contribution in [0.2, 0.25) is 0 Å². The van der Waals surface area contributed by atoms with Crippen LogP contribution in [0.3, 0.4) is 0 Å². The van der Waals surface area contributed by atoms with E-state index in [0.29, 0.717) is 37.4 Å². The van der Waals surface area contributed by atoms with Crippen molar-refractivity contribution in [1.29, 1.82) is 0 Å². The zero-order chi connectivity index (χ0) is 15.1. The Labute approximate surface area is 122 Å². The molecule has 0 aliphatic heterocycles. The van der Waals surface area contributed by atoms with E-state index in [9.17, 15) is 0 Å². The van der Waals surface area contributed by atoms with Crippen molar-refractivity contribution in [2.45, 2.75) is 13.5 Å². The number of rotatable bonds is 8. The molecular weight excluding hydrogens is 276 g/mol. The molecule has 9 heteroatoms. The normalized spacial score (nSPS) is 10.6.